The van der Waals surface area contributed by atoms with Gasteiger partial charge in [-0.3, -0.25) is 4.79 Å². The van der Waals surface area contributed by atoms with Crippen molar-refractivity contribution >= 4 is 23.5 Å². The molecule has 1 heterocycles. The fraction of sp³-hybridized carbons (Fsp3) is 0.286. The second-order valence-corrected chi connectivity index (χ2v) is 9.27. The lowest BCUT2D eigenvalue weighted by molar-refractivity contribution is -0.134. The monoisotopic (exact) mass is 457 g/mol. The molecule has 6 heteroatoms. The summed E-state index contributed by atoms with van der Waals surface area (Å²) in [5.74, 6) is 0.377. The highest BCUT2D eigenvalue weighted by Gasteiger charge is 2.70. The number of nitrogens with one attached hydrogen (secondary N) is 2. The molecular weight excluding hydrogens is 429 g/mol. The standard InChI is InChI=1S/C28H28FN3O2/c1-18-12-25(31-22-10-8-21(29)9-11-22)20(14-30)13-23(18)28-17-32(26(33)16-34-2)15-24(28)27(28)19-6-4-3-5-7-19/h3-14,24,27,30-31H,15-17H2,1-2H3. The number of methoxy groups -OCH3 is 1. The van der Waals surface area contributed by atoms with E-state index < -0.39 is 0 Å². The van der Waals surface area contributed by atoms with E-state index in [9.17, 15) is 9.18 Å². The number of rotatable bonds is 7. The van der Waals surface area contributed by atoms with E-state index in [0.29, 0.717) is 24.9 Å². The number of fused-ring (bicyclic) bond motifs is 1. The molecule has 0 aromatic heterocycles. The summed E-state index contributed by atoms with van der Waals surface area (Å²) in [6.07, 6.45) is 1.35. The highest BCUT2D eigenvalue weighted by Crippen LogP contribution is 2.69. The number of hydrogen-bond donors (Lipinski definition) is 2. The smallest absolute Gasteiger partial charge is 0.248 e. The van der Waals surface area contributed by atoms with Gasteiger partial charge in [0.15, 0.2) is 0 Å². The van der Waals surface area contributed by atoms with Gasteiger partial charge in [0.2, 0.25) is 5.91 Å². The molecular formula is C28H28FN3O2. The first-order valence-corrected chi connectivity index (χ1v) is 11.5. The maximum atomic E-state index is 13.3. The summed E-state index contributed by atoms with van der Waals surface area (Å²) in [6.45, 7) is 3.52. The quantitative estimate of drug-likeness (QED) is 0.490. The number of amides is 1. The summed E-state index contributed by atoms with van der Waals surface area (Å²) in [5.41, 5.74) is 5.73. The van der Waals surface area contributed by atoms with Gasteiger partial charge >= 0.3 is 0 Å². The van der Waals surface area contributed by atoms with Gasteiger partial charge in [-0.05, 0) is 65.9 Å². The Morgan fingerprint density at radius 2 is 1.94 bits per heavy atom. The zero-order valence-corrected chi connectivity index (χ0v) is 19.3. The Kier molecular flexibility index (Phi) is 5.70. The van der Waals surface area contributed by atoms with Crippen LogP contribution >= 0.6 is 0 Å². The minimum Gasteiger partial charge on any atom is -0.375 e. The highest BCUT2D eigenvalue weighted by molar-refractivity contribution is 5.89. The Hall–Kier alpha value is -3.51. The van der Waals surface area contributed by atoms with Crippen molar-refractivity contribution in [3.05, 3.63) is 94.8 Å². The molecule has 1 saturated carbocycles. The molecule has 5 nitrogen and oxygen atoms in total. The fourth-order valence-corrected chi connectivity index (χ4v) is 5.81. The molecule has 1 saturated heterocycles. The summed E-state index contributed by atoms with van der Waals surface area (Å²) >= 11 is 0. The van der Waals surface area contributed by atoms with Crippen molar-refractivity contribution < 1.29 is 13.9 Å². The molecule has 5 rings (SSSR count). The SMILES string of the molecule is COCC(=O)N1CC2C(c3ccccc3)C2(c2cc(C=N)c(Nc3ccc(F)cc3)cc2C)C1. The number of nitrogens with zero attached hydrogens (tertiary/aromatic N) is 1. The fourth-order valence-electron chi connectivity index (χ4n) is 5.81. The maximum Gasteiger partial charge on any atom is 0.248 e. The summed E-state index contributed by atoms with van der Waals surface area (Å²) in [4.78, 5) is 14.6. The van der Waals surface area contributed by atoms with Crippen LogP contribution in [0.15, 0.2) is 66.7 Å². The first-order valence-electron chi connectivity index (χ1n) is 11.5. The Morgan fingerprint density at radius 1 is 1.21 bits per heavy atom. The average Bonchev–Trinajstić information content (AvgIpc) is 3.30. The van der Waals surface area contributed by atoms with Crippen molar-refractivity contribution in [3.63, 3.8) is 0 Å². The summed E-state index contributed by atoms with van der Waals surface area (Å²) in [6, 6.07) is 20.8. The van der Waals surface area contributed by atoms with Crippen LogP contribution < -0.4 is 5.32 Å². The Balaban J connectivity index is 1.53. The van der Waals surface area contributed by atoms with E-state index >= 15 is 0 Å². The van der Waals surface area contributed by atoms with Gasteiger partial charge in [0.1, 0.15) is 12.4 Å². The molecule has 1 aliphatic heterocycles. The molecule has 2 N–H and O–H groups in total. The van der Waals surface area contributed by atoms with E-state index in [-0.39, 0.29) is 23.7 Å². The van der Waals surface area contributed by atoms with Gasteiger partial charge in [-0.25, -0.2) is 4.39 Å². The Labute approximate surface area is 199 Å². The van der Waals surface area contributed by atoms with E-state index in [1.807, 2.05) is 11.0 Å². The van der Waals surface area contributed by atoms with E-state index in [4.69, 9.17) is 10.1 Å². The van der Waals surface area contributed by atoms with Gasteiger partial charge < -0.3 is 20.4 Å². The van der Waals surface area contributed by atoms with E-state index in [2.05, 4.69) is 48.6 Å². The molecule has 0 radical (unpaired) electrons. The lowest BCUT2D eigenvalue weighted by atomic mass is 9.85. The minimum atomic E-state index is -0.288. The van der Waals surface area contributed by atoms with Crippen LogP contribution in [0.3, 0.4) is 0 Å². The van der Waals surface area contributed by atoms with Crippen LogP contribution in [0.1, 0.15) is 28.2 Å². The molecule has 174 valence electrons. The Bertz CT molecular complexity index is 1230. The number of likely N-dealkylation sites (tertiary alicyclic amines) is 1. The predicted molar refractivity (Wildman–Crippen MR) is 132 cm³/mol. The minimum absolute atomic E-state index is 0.0143. The number of anilines is 2. The van der Waals surface area contributed by atoms with Crippen molar-refractivity contribution in [1.82, 2.24) is 4.90 Å². The summed E-state index contributed by atoms with van der Waals surface area (Å²) in [5, 5.41) is 11.4. The van der Waals surface area contributed by atoms with Crippen molar-refractivity contribution in [2.24, 2.45) is 5.92 Å². The lowest BCUT2D eigenvalue weighted by Crippen LogP contribution is -2.36. The van der Waals surface area contributed by atoms with Gasteiger partial charge in [-0.15, -0.1) is 0 Å². The first kappa shape index (κ1) is 22.3. The zero-order valence-electron chi connectivity index (χ0n) is 19.3. The van der Waals surface area contributed by atoms with E-state index in [1.165, 1.54) is 29.5 Å². The second-order valence-electron chi connectivity index (χ2n) is 9.27. The van der Waals surface area contributed by atoms with E-state index in [0.717, 1.165) is 22.5 Å². The van der Waals surface area contributed by atoms with Gasteiger partial charge in [0.25, 0.3) is 0 Å². The lowest BCUT2D eigenvalue weighted by Gasteiger charge is -2.26. The molecule has 2 aliphatic rings. The third-order valence-corrected chi connectivity index (χ3v) is 7.34. The van der Waals surface area contributed by atoms with Crippen LogP contribution in [0.25, 0.3) is 0 Å². The number of carbonyl (C=O) groups excluding carboxylic acids is 1. The number of carbonyl (C=O) groups is 1. The van der Waals surface area contributed by atoms with Gasteiger partial charge in [-0.1, -0.05) is 30.3 Å². The molecule has 0 spiro atoms. The molecule has 1 amide bonds. The average molecular weight is 458 g/mol. The third kappa shape index (κ3) is 3.68. The number of halogens is 1. The molecule has 34 heavy (non-hydrogen) atoms. The van der Waals surface area contributed by atoms with Gasteiger partial charge in [0, 0.05) is 54.7 Å². The van der Waals surface area contributed by atoms with Crippen LogP contribution in [0.4, 0.5) is 15.8 Å². The molecule has 2 fully saturated rings. The van der Waals surface area contributed by atoms with Crippen molar-refractivity contribution in [2.75, 3.05) is 32.1 Å². The van der Waals surface area contributed by atoms with Crippen LogP contribution in [0.2, 0.25) is 0 Å². The summed E-state index contributed by atoms with van der Waals surface area (Å²) < 4.78 is 18.4. The number of benzene rings is 3. The van der Waals surface area contributed by atoms with Crippen LogP contribution in [0.5, 0.6) is 0 Å². The normalized spacial score (nSPS) is 22.9. The second kappa shape index (κ2) is 8.69. The van der Waals surface area contributed by atoms with E-state index in [1.54, 1.807) is 19.2 Å². The molecule has 1 aliphatic carbocycles. The number of ether oxygens (including phenoxy) is 1. The summed E-state index contributed by atoms with van der Waals surface area (Å²) in [7, 11) is 1.55. The molecule has 3 aromatic carbocycles. The largest absolute Gasteiger partial charge is 0.375 e. The zero-order chi connectivity index (χ0) is 23.9. The predicted octanol–water partition coefficient (Wildman–Crippen LogP) is 5.02. The molecule has 0 bridgehead atoms. The molecule has 3 unspecified atom stereocenters. The van der Waals surface area contributed by atoms with Crippen molar-refractivity contribution in [1.29, 1.82) is 5.41 Å². The first-order chi connectivity index (χ1) is 16.5. The van der Waals surface area contributed by atoms with Crippen LogP contribution in [-0.4, -0.2) is 43.8 Å². The van der Waals surface area contributed by atoms with Crippen molar-refractivity contribution in [2.45, 2.75) is 18.3 Å². The number of aryl methyl sites for hydroxylation is 1. The van der Waals surface area contributed by atoms with Crippen LogP contribution in [0, 0.1) is 24.1 Å². The highest BCUT2D eigenvalue weighted by atomic mass is 19.1. The van der Waals surface area contributed by atoms with Gasteiger partial charge in [-0.2, -0.15) is 0 Å². The van der Waals surface area contributed by atoms with Gasteiger partial charge in [0.05, 0.1) is 0 Å². The Morgan fingerprint density at radius 3 is 2.62 bits per heavy atom. The number of hydrogen-bond acceptors (Lipinski definition) is 4. The maximum absolute atomic E-state index is 13.3. The molecule has 3 atom stereocenters. The molecule has 3 aromatic rings. The van der Waals surface area contributed by atoms with Crippen molar-refractivity contribution in [3.8, 4) is 0 Å². The topological polar surface area (TPSA) is 65.4 Å². The third-order valence-electron chi connectivity index (χ3n) is 7.34. The van der Waals surface area contributed by atoms with Crippen LogP contribution in [-0.2, 0) is 14.9 Å². The number of piperidine rings is 1.